The van der Waals surface area contributed by atoms with Crippen molar-refractivity contribution in [3.05, 3.63) is 68.0 Å². The van der Waals surface area contributed by atoms with Crippen LogP contribution in [0.1, 0.15) is 21.3 Å². The molecule has 0 unspecified atom stereocenters. The predicted octanol–water partition coefficient (Wildman–Crippen LogP) is 3.74. The molecular weight excluding hydrogens is 406 g/mol. The fraction of sp³-hybridized carbons (Fsp3) is 0.222. The molecule has 2 aromatic rings. The minimum absolute atomic E-state index is 0.113. The number of nitrogens with zero attached hydrogens (tertiary/aromatic N) is 1. The Morgan fingerprint density at radius 2 is 2.16 bits per heavy atom. The van der Waals surface area contributed by atoms with E-state index in [-0.39, 0.29) is 17.9 Å². The van der Waals surface area contributed by atoms with Crippen LogP contribution in [-0.4, -0.2) is 42.0 Å². The van der Waals surface area contributed by atoms with Gasteiger partial charge in [-0.25, -0.2) is 0 Å². The van der Waals surface area contributed by atoms with Crippen molar-refractivity contribution in [1.82, 2.24) is 4.90 Å². The van der Waals surface area contributed by atoms with Gasteiger partial charge in [0.2, 0.25) is 5.78 Å². The summed E-state index contributed by atoms with van der Waals surface area (Å²) in [6.07, 6.45) is 0. The Balaban J connectivity index is 2.08. The van der Waals surface area contributed by atoms with E-state index in [9.17, 15) is 14.7 Å². The highest BCUT2D eigenvalue weighted by molar-refractivity contribution is 9.10. The van der Waals surface area contributed by atoms with E-state index in [1.54, 1.807) is 24.6 Å². The average Bonchev–Trinajstić information content (AvgIpc) is 3.21. The molecule has 130 valence electrons. The number of ether oxygens (including phenoxy) is 1. The van der Waals surface area contributed by atoms with Gasteiger partial charge in [0.15, 0.2) is 5.76 Å². The van der Waals surface area contributed by atoms with E-state index in [1.807, 2.05) is 24.3 Å². The molecule has 1 aliphatic rings. The summed E-state index contributed by atoms with van der Waals surface area (Å²) in [5.41, 5.74) is 0.865. The van der Waals surface area contributed by atoms with E-state index in [1.165, 1.54) is 16.2 Å². The Labute approximate surface area is 157 Å². The van der Waals surface area contributed by atoms with Crippen LogP contribution in [-0.2, 0) is 9.53 Å². The van der Waals surface area contributed by atoms with E-state index >= 15 is 0 Å². The predicted molar refractivity (Wildman–Crippen MR) is 98.8 cm³/mol. The zero-order valence-electron chi connectivity index (χ0n) is 13.4. The standard InChI is InChI=1S/C18H16BrNO4S/c1-24-8-7-20-15(11-4-2-5-12(19)10-11)14(17(22)18(20)23)16(21)13-6-3-9-25-13/h2-6,9-10,15,22H,7-8H2,1H3/t15-/m1/s1. The molecule has 5 nitrogen and oxygen atoms in total. The van der Waals surface area contributed by atoms with Gasteiger partial charge in [0.25, 0.3) is 5.91 Å². The summed E-state index contributed by atoms with van der Waals surface area (Å²) in [6, 6.07) is 10.2. The molecule has 25 heavy (non-hydrogen) atoms. The van der Waals surface area contributed by atoms with Crippen molar-refractivity contribution in [2.24, 2.45) is 0 Å². The molecule has 2 heterocycles. The number of benzene rings is 1. The zero-order chi connectivity index (χ0) is 18.0. The molecule has 3 rings (SSSR count). The lowest BCUT2D eigenvalue weighted by atomic mass is 9.95. The number of rotatable bonds is 6. The van der Waals surface area contributed by atoms with Crippen molar-refractivity contribution in [1.29, 1.82) is 0 Å². The second-order valence-corrected chi connectivity index (χ2v) is 7.38. The molecule has 1 aromatic carbocycles. The fourth-order valence-electron chi connectivity index (χ4n) is 2.87. The van der Waals surface area contributed by atoms with Gasteiger partial charge in [-0.05, 0) is 29.1 Å². The smallest absolute Gasteiger partial charge is 0.290 e. The quantitative estimate of drug-likeness (QED) is 0.721. The van der Waals surface area contributed by atoms with Crippen LogP contribution in [0.25, 0.3) is 0 Å². The highest BCUT2D eigenvalue weighted by Gasteiger charge is 2.43. The minimum atomic E-state index is -0.644. The lowest BCUT2D eigenvalue weighted by Gasteiger charge is -2.26. The number of hydrogen-bond acceptors (Lipinski definition) is 5. The number of methoxy groups -OCH3 is 1. The number of thiophene rings is 1. The monoisotopic (exact) mass is 421 g/mol. The second-order valence-electron chi connectivity index (χ2n) is 5.52. The summed E-state index contributed by atoms with van der Waals surface area (Å²) in [7, 11) is 1.54. The van der Waals surface area contributed by atoms with Gasteiger partial charge < -0.3 is 14.7 Å². The van der Waals surface area contributed by atoms with Gasteiger partial charge in [-0.1, -0.05) is 34.1 Å². The number of hydrogen-bond donors (Lipinski definition) is 1. The molecule has 7 heteroatoms. The number of aliphatic hydroxyl groups is 1. The Bertz CT molecular complexity index is 831. The first kappa shape index (κ1) is 17.8. The SMILES string of the molecule is COCCN1C(=O)C(O)=C(C(=O)c2cccs2)[C@H]1c1cccc(Br)c1. The number of Topliss-reactive ketones (excluding diaryl/α,β-unsaturated/α-hetero) is 1. The Morgan fingerprint density at radius 3 is 2.80 bits per heavy atom. The van der Waals surface area contributed by atoms with E-state index in [0.717, 1.165) is 10.0 Å². The normalized spacial score (nSPS) is 17.4. The van der Waals surface area contributed by atoms with Crippen molar-refractivity contribution < 1.29 is 19.4 Å². The van der Waals surface area contributed by atoms with Gasteiger partial charge in [-0.2, -0.15) is 0 Å². The highest BCUT2D eigenvalue weighted by atomic mass is 79.9. The van der Waals surface area contributed by atoms with Gasteiger partial charge in [0.1, 0.15) is 0 Å². The molecule has 0 bridgehead atoms. The Morgan fingerprint density at radius 1 is 1.36 bits per heavy atom. The molecule has 0 fully saturated rings. The van der Waals surface area contributed by atoms with Gasteiger partial charge in [0, 0.05) is 18.1 Å². The number of amides is 1. The third-order valence-corrected chi connectivity index (χ3v) is 5.36. The molecule has 0 aliphatic carbocycles. The third kappa shape index (κ3) is 3.40. The molecule has 0 saturated heterocycles. The van der Waals surface area contributed by atoms with Crippen molar-refractivity contribution in [2.45, 2.75) is 6.04 Å². The summed E-state index contributed by atoms with van der Waals surface area (Å²) in [4.78, 5) is 27.5. The summed E-state index contributed by atoms with van der Waals surface area (Å²) in [6.45, 7) is 0.585. The van der Waals surface area contributed by atoms with Gasteiger partial charge in [-0.3, -0.25) is 9.59 Å². The van der Waals surface area contributed by atoms with Crippen LogP contribution in [0.5, 0.6) is 0 Å². The highest BCUT2D eigenvalue weighted by Crippen LogP contribution is 2.39. The average molecular weight is 422 g/mol. The summed E-state index contributed by atoms with van der Waals surface area (Å²) in [5, 5.41) is 12.2. The molecule has 1 atom stereocenters. The van der Waals surface area contributed by atoms with E-state index in [0.29, 0.717) is 11.5 Å². The maximum Gasteiger partial charge on any atom is 0.290 e. The lowest BCUT2D eigenvalue weighted by Crippen LogP contribution is -2.33. The van der Waals surface area contributed by atoms with Gasteiger partial charge in [0.05, 0.1) is 23.1 Å². The van der Waals surface area contributed by atoms with Crippen LogP contribution in [0, 0.1) is 0 Å². The van der Waals surface area contributed by atoms with E-state index < -0.39 is 17.7 Å². The number of carbonyl (C=O) groups excluding carboxylic acids is 2. The Hall–Kier alpha value is -1.96. The van der Waals surface area contributed by atoms with Gasteiger partial charge in [-0.15, -0.1) is 11.3 Å². The molecule has 1 aliphatic heterocycles. The van der Waals surface area contributed by atoms with Gasteiger partial charge >= 0.3 is 0 Å². The van der Waals surface area contributed by atoms with E-state index in [2.05, 4.69) is 15.9 Å². The second kappa shape index (κ2) is 7.51. The molecule has 1 aromatic heterocycles. The van der Waals surface area contributed by atoms with E-state index in [4.69, 9.17) is 4.74 Å². The maximum atomic E-state index is 12.9. The number of aliphatic hydroxyl groups excluding tert-OH is 1. The molecular formula is C18H16BrNO4S. The van der Waals surface area contributed by atoms with Crippen LogP contribution in [0.3, 0.4) is 0 Å². The summed E-state index contributed by atoms with van der Waals surface area (Å²) >= 11 is 4.70. The summed E-state index contributed by atoms with van der Waals surface area (Å²) in [5.74, 6) is -1.37. The van der Waals surface area contributed by atoms with Crippen LogP contribution >= 0.6 is 27.3 Å². The third-order valence-electron chi connectivity index (χ3n) is 3.99. The molecule has 0 spiro atoms. The first-order valence-electron chi connectivity index (χ1n) is 7.61. The maximum absolute atomic E-state index is 12.9. The number of ketones is 1. The largest absolute Gasteiger partial charge is 0.503 e. The van der Waals surface area contributed by atoms with Crippen molar-refractivity contribution >= 4 is 39.0 Å². The number of halogens is 1. The molecule has 1 amide bonds. The minimum Gasteiger partial charge on any atom is -0.503 e. The van der Waals surface area contributed by atoms with Crippen LogP contribution in [0.15, 0.2) is 57.6 Å². The van der Waals surface area contributed by atoms with Crippen molar-refractivity contribution in [2.75, 3.05) is 20.3 Å². The first-order valence-corrected chi connectivity index (χ1v) is 9.28. The van der Waals surface area contributed by atoms with Crippen molar-refractivity contribution in [3.8, 4) is 0 Å². The fourth-order valence-corrected chi connectivity index (χ4v) is 3.96. The summed E-state index contributed by atoms with van der Waals surface area (Å²) < 4.78 is 5.91. The van der Waals surface area contributed by atoms with Crippen LogP contribution in [0.4, 0.5) is 0 Å². The molecule has 0 radical (unpaired) electrons. The lowest BCUT2D eigenvalue weighted by molar-refractivity contribution is -0.130. The molecule has 0 saturated carbocycles. The topological polar surface area (TPSA) is 66.8 Å². The van der Waals surface area contributed by atoms with Crippen LogP contribution in [0.2, 0.25) is 0 Å². The zero-order valence-corrected chi connectivity index (χ0v) is 15.8. The van der Waals surface area contributed by atoms with Crippen LogP contribution < -0.4 is 0 Å². The first-order chi connectivity index (χ1) is 12.0. The number of carbonyl (C=O) groups is 2. The van der Waals surface area contributed by atoms with Crippen molar-refractivity contribution in [3.63, 3.8) is 0 Å². The molecule has 1 N–H and O–H groups in total. The Kier molecular flexibility index (Phi) is 5.36.